The van der Waals surface area contributed by atoms with Gasteiger partial charge in [0, 0.05) is 0 Å². The van der Waals surface area contributed by atoms with Crippen molar-refractivity contribution in [1.82, 2.24) is 0 Å². The molecule has 0 aliphatic carbocycles. The Kier molecular flexibility index (Phi) is 1.07. The average molecular weight is 134 g/mol. The van der Waals surface area contributed by atoms with Gasteiger partial charge in [0.2, 0.25) is 0 Å². The Hall–Kier alpha value is 0.189. The first-order valence-electron chi connectivity index (χ1n) is 1.56. The maximum absolute atomic E-state index is 3.99. The summed E-state index contributed by atoms with van der Waals surface area (Å²) in [6.07, 6.45) is 2.01. The fourth-order valence-electron chi connectivity index (χ4n) is 0.264. The number of hydrogen-bond acceptors (Lipinski definition) is 1. The molecule has 1 aliphatic rings. The van der Waals surface area contributed by atoms with E-state index in [0.717, 1.165) is 20.4 Å². The molecule has 0 radical (unpaired) electrons. The van der Waals surface area contributed by atoms with E-state index >= 15 is 0 Å². The van der Waals surface area contributed by atoms with Gasteiger partial charge in [-0.25, -0.2) is 0 Å². The fourth-order valence-corrected chi connectivity index (χ4v) is 1.37. The summed E-state index contributed by atoms with van der Waals surface area (Å²) in [7, 11) is 0. The summed E-state index contributed by atoms with van der Waals surface area (Å²) in [6, 6.07) is 0. The van der Waals surface area contributed by atoms with E-state index in [1.165, 1.54) is 5.32 Å². The summed E-state index contributed by atoms with van der Waals surface area (Å²) in [5.74, 6) is 0. The second-order valence-electron chi connectivity index (χ2n) is 0.865. The van der Waals surface area contributed by atoms with Crippen molar-refractivity contribution in [2.45, 2.75) is 5.32 Å². The zero-order chi connectivity index (χ0) is 3.54. The molecule has 0 aromatic heterocycles. The Bertz CT molecular complexity index is 44.9. The molecule has 28 valence electrons. The standard InChI is InChI=1S/C3H5NSe/c1-2-5-3-4-1/h1H,2-3H2. The molecule has 0 N–H and O–H groups in total. The Morgan fingerprint density at radius 1 is 1.80 bits per heavy atom. The summed E-state index contributed by atoms with van der Waals surface area (Å²) < 4.78 is 0. The molecule has 0 saturated heterocycles. The third kappa shape index (κ3) is 0.746. The van der Waals surface area contributed by atoms with E-state index in [9.17, 15) is 0 Å². The minimum absolute atomic E-state index is 0.847. The Morgan fingerprint density at radius 2 is 2.80 bits per heavy atom. The molecule has 0 bridgehead atoms. The summed E-state index contributed by atoms with van der Waals surface area (Å²) in [5, 5.41) is 1.27. The Morgan fingerprint density at radius 3 is 3.00 bits per heavy atom. The van der Waals surface area contributed by atoms with E-state index in [4.69, 9.17) is 0 Å². The molecule has 5 heavy (non-hydrogen) atoms. The Labute approximate surface area is 37.6 Å². The molecule has 0 saturated carbocycles. The van der Waals surface area contributed by atoms with Gasteiger partial charge in [-0.3, -0.25) is 0 Å². The van der Waals surface area contributed by atoms with Gasteiger partial charge >= 0.3 is 36.9 Å². The minimum atomic E-state index is 0.847. The van der Waals surface area contributed by atoms with Gasteiger partial charge in [-0.1, -0.05) is 0 Å². The zero-order valence-electron chi connectivity index (χ0n) is 2.85. The van der Waals surface area contributed by atoms with Gasteiger partial charge in [-0.05, 0) is 0 Å². The molecule has 0 atom stereocenters. The van der Waals surface area contributed by atoms with Gasteiger partial charge in [0.05, 0.1) is 0 Å². The monoisotopic (exact) mass is 135 g/mol. The van der Waals surface area contributed by atoms with Crippen molar-refractivity contribution in [1.29, 1.82) is 0 Å². The molecule has 1 aliphatic heterocycles. The van der Waals surface area contributed by atoms with Crippen molar-refractivity contribution >= 4 is 21.2 Å². The van der Waals surface area contributed by atoms with E-state index < -0.39 is 0 Å². The molecule has 0 unspecified atom stereocenters. The number of aliphatic imine (C=N–C) groups is 1. The first-order valence-corrected chi connectivity index (χ1v) is 3.98. The van der Waals surface area contributed by atoms with Crippen LogP contribution in [0, 0.1) is 0 Å². The molecule has 0 aromatic carbocycles. The zero-order valence-corrected chi connectivity index (χ0v) is 4.56. The molecule has 2 heteroatoms. The predicted octanol–water partition coefficient (Wildman–Crippen LogP) is 0.151. The van der Waals surface area contributed by atoms with Crippen molar-refractivity contribution in [3.05, 3.63) is 0 Å². The fraction of sp³-hybridized carbons (Fsp3) is 0.667. The molecule has 1 heterocycles. The summed E-state index contributed by atoms with van der Waals surface area (Å²) in [5.41, 5.74) is 1.13. The number of rotatable bonds is 0. The second-order valence-corrected chi connectivity index (χ2v) is 2.96. The van der Waals surface area contributed by atoms with Crippen molar-refractivity contribution in [3.63, 3.8) is 0 Å². The summed E-state index contributed by atoms with van der Waals surface area (Å²) in [6.45, 7) is 0. The van der Waals surface area contributed by atoms with Crippen LogP contribution in [0.2, 0.25) is 5.32 Å². The Balaban J connectivity index is 2.32. The van der Waals surface area contributed by atoms with Crippen LogP contribution in [0.4, 0.5) is 0 Å². The number of nitrogens with zero attached hydrogens (tertiary/aromatic N) is 1. The first-order chi connectivity index (χ1) is 2.50. The van der Waals surface area contributed by atoms with Crippen molar-refractivity contribution in [3.8, 4) is 0 Å². The third-order valence-electron chi connectivity index (χ3n) is 0.487. The maximum atomic E-state index is 3.99. The van der Waals surface area contributed by atoms with Crippen molar-refractivity contribution < 1.29 is 0 Å². The molecule has 0 amide bonds. The van der Waals surface area contributed by atoms with E-state index in [0.29, 0.717) is 0 Å². The van der Waals surface area contributed by atoms with Gasteiger partial charge in [0.15, 0.2) is 0 Å². The molecular formula is C3H5NSe. The van der Waals surface area contributed by atoms with Crippen LogP contribution in [-0.2, 0) is 0 Å². The molecule has 0 fully saturated rings. The molecule has 1 nitrogen and oxygen atoms in total. The summed E-state index contributed by atoms with van der Waals surface area (Å²) in [4.78, 5) is 3.99. The van der Waals surface area contributed by atoms with Gasteiger partial charge in [0.25, 0.3) is 0 Å². The third-order valence-corrected chi connectivity index (χ3v) is 1.99. The van der Waals surface area contributed by atoms with Crippen LogP contribution in [0.3, 0.4) is 0 Å². The van der Waals surface area contributed by atoms with Gasteiger partial charge in [-0.2, -0.15) is 0 Å². The number of hydrogen-bond donors (Lipinski definition) is 0. The predicted molar refractivity (Wildman–Crippen MR) is 23.9 cm³/mol. The SMILES string of the molecule is C1=NC[Se]C1. The van der Waals surface area contributed by atoms with Crippen LogP contribution < -0.4 is 0 Å². The second kappa shape index (κ2) is 1.58. The van der Waals surface area contributed by atoms with Crippen molar-refractivity contribution in [2.75, 3.05) is 5.44 Å². The van der Waals surface area contributed by atoms with Crippen LogP contribution in [0.1, 0.15) is 0 Å². The molecule has 0 aromatic rings. The van der Waals surface area contributed by atoms with Crippen molar-refractivity contribution in [2.24, 2.45) is 4.99 Å². The van der Waals surface area contributed by atoms with E-state index in [1.54, 1.807) is 0 Å². The van der Waals surface area contributed by atoms with Crippen LogP contribution >= 0.6 is 0 Å². The van der Waals surface area contributed by atoms with Crippen LogP contribution in [0.25, 0.3) is 0 Å². The van der Waals surface area contributed by atoms with Gasteiger partial charge in [0.1, 0.15) is 0 Å². The molecule has 1 rings (SSSR count). The van der Waals surface area contributed by atoms with Crippen LogP contribution in [0.5, 0.6) is 0 Å². The summed E-state index contributed by atoms with van der Waals surface area (Å²) >= 11 is 0.847. The van der Waals surface area contributed by atoms with Gasteiger partial charge < -0.3 is 0 Å². The van der Waals surface area contributed by atoms with Crippen LogP contribution in [-0.4, -0.2) is 26.6 Å². The van der Waals surface area contributed by atoms with E-state index in [-0.39, 0.29) is 0 Å². The topological polar surface area (TPSA) is 12.4 Å². The van der Waals surface area contributed by atoms with Crippen LogP contribution in [0.15, 0.2) is 4.99 Å². The molecular weight excluding hydrogens is 129 g/mol. The normalized spacial score (nSPS) is 20.8. The van der Waals surface area contributed by atoms with E-state index in [1.807, 2.05) is 6.21 Å². The van der Waals surface area contributed by atoms with E-state index in [2.05, 4.69) is 4.99 Å². The first kappa shape index (κ1) is 3.38. The quantitative estimate of drug-likeness (QED) is 0.418. The average Bonchev–Trinajstić information content (AvgIpc) is 1.76. The van der Waals surface area contributed by atoms with Gasteiger partial charge in [-0.15, -0.1) is 0 Å². The molecule has 0 spiro atoms.